The van der Waals surface area contributed by atoms with Crippen molar-refractivity contribution in [2.45, 2.75) is 20.5 Å². The number of aromatic nitrogens is 5. The predicted octanol–water partition coefficient (Wildman–Crippen LogP) is 3.23. The minimum absolute atomic E-state index is 0.246. The minimum Gasteiger partial charge on any atom is -0.497 e. The number of methoxy groups -OCH3 is 1. The highest BCUT2D eigenvalue weighted by Gasteiger charge is 2.14. The maximum atomic E-state index is 12.3. The summed E-state index contributed by atoms with van der Waals surface area (Å²) >= 11 is 0. The molecule has 158 valence electrons. The fourth-order valence-corrected chi connectivity index (χ4v) is 3.40. The lowest BCUT2D eigenvalue weighted by Crippen LogP contribution is -2.23. The number of hydrogen-bond acceptors (Lipinski definition) is 6. The third-order valence-corrected chi connectivity index (χ3v) is 5.14. The van der Waals surface area contributed by atoms with Crippen molar-refractivity contribution in [3.8, 4) is 28.4 Å². The van der Waals surface area contributed by atoms with Crippen molar-refractivity contribution in [2.75, 3.05) is 7.11 Å². The highest BCUT2D eigenvalue weighted by molar-refractivity contribution is 5.67. The lowest BCUT2D eigenvalue weighted by atomic mass is 10.0. The van der Waals surface area contributed by atoms with Gasteiger partial charge in [-0.3, -0.25) is 0 Å². The average Bonchev–Trinajstić information content (AvgIpc) is 3.11. The number of ether oxygens (including phenoxy) is 2. The molecule has 0 radical (unpaired) electrons. The van der Waals surface area contributed by atoms with Gasteiger partial charge in [0.15, 0.2) is 0 Å². The van der Waals surface area contributed by atoms with Crippen LogP contribution in [-0.2, 0) is 13.7 Å². The van der Waals surface area contributed by atoms with Crippen molar-refractivity contribution in [1.29, 1.82) is 0 Å². The fourth-order valence-electron chi connectivity index (χ4n) is 3.40. The van der Waals surface area contributed by atoms with Crippen molar-refractivity contribution in [3.05, 3.63) is 81.9 Å². The molecule has 0 fully saturated rings. The van der Waals surface area contributed by atoms with Crippen molar-refractivity contribution >= 4 is 0 Å². The minimum atomic E-state index is -0.316. The molecule has 4 aromatic rings. The van der Waals surface area contributed by atoms with E-state index in [4.69, 9.17) is 9.47 Å². The first kappa shape index (κ1) is 20.3. The van der Waals surface area contributed by atoms with Crippen LogP contribution in [0.3, 0.4) is 0 Å². The maximum Gasteiger partial charge on any atom is 0.368 e. The monoisotopic (exact) mass is 417 g/mol. The van der Waals surface area contributed by atoms with E-state index in [0.717, 1.165) is 33.7 Å². The lowest BCUT2D eigenvalue weighted by Gasteiger charge is -2.14. The van der Waals surface area contributed by atoms with Crippen LogP contribution < -0.4 is 15.2 Å². The highest BCUT2D eigenvalue weighted by atomic mass is 16.5. The Bertz CT molecular complexity index is 1290. The Morgan fingerprint density at radius 1 is 1.00 bits per heavy atom. The molecular weight excluding hydrogens is 394 g/mol. The number of pyridine rings is 1. The number of tetrazole rings is 1. The second-order valence-corrected chi connectivity index (χ2v) is 7.17. The highest BCUT2D eigenvalue weighted by Crippen LogP contribution is 2.28. The molecule has 0 unspecified atom stereocenters. The van der Waals surface area contributed by atoms with Crippen LogP contribution in [0.15, 0.2) is 59.4 Å². The fraction of sp³-hybridized carbons (Fsp3) is 0.217. The zero-order chi connectivity index (χ0) is 22.0. The topological polar surface area (TPSA) is 84.1 Å². The van der Waals surface area contributed by atoms with Gasteiger partial charge in [-0.25, -0.2) is 9.78 Å². The van der Waals surface area contributed by atoms with Gasteiger partial charge in [-0.05, 0) is 59.7 Å². The molecule has 4 rings (SSSR count). The SMILES string of the molecule is COc1cccc(-c2ccc(OCc3c(C)cccc3-n3nnn(C)c3=O)nc2C)c1. The quantitative estimate of drug-likeness (QED) is 0.479. The molecule has 0 bridgehead atoms. The van der Waals surface area contributed by atoms with Crippen LogP contribution in [0, 0.1) is 13.8 Å². The number of nitrogens with zero attached hydrogens (tertiary/aromatic N) is 5. The Hall–Kier alpha value is -3.94. The summed E-state index contributed by atoms with van der Waals surface area (Å²) in [7, 11) is 3.21. The molecule has 0 amide bonds. The molecule has 8 heteroatoms. The second kappa shape index (κ2) is 8.43. The van der Waals surface area contributed by atoms with Crippen LogP contribution in [-0.4, -0.2) is 31.9 Å². The molecule has 8 nitrogen and oxygen atoms in total. The third kappa shape index (κ3) is 4.05. The first-order chi connectivity index (χ1) is 15.0. The zero-order valence-corrected chi connectivity index (χ0v) is 17.9. The summed E-state index contributed by atoms with van der Waals surface area (Å²) in [4.78, 5) is 16.9. The molecule has 2 heterocycles. The second-order valence-electron chi connectivity index (χ2n) is 7.17. The summed E-state index contributed by atoms with van der Waals surface area (Å²) in [5.74, 6) is 1.30. The molecule has 0 saturated heterocycles. The van der Waals surface area contributed by atoms with E-state index in [0.29, 0.717) is 11.6 Å². The van der Waals surface area contributed by atoms with Crippen LogP contribution in [0.5, 0.6) is 11.6 Å². The number of aryl methyl sites for hydroxylation is 3. The summed E-state index contributed by atoms with van der Waals surface area (Å²) in [5, 5.41) is 7.75. The van der Waals surface area contributed by atoms with Crippen LogP contribution in [0.2, 0.25) is 0 Å². The van der Waals surface area contributed by atoms with Gasteiger partial charge in [0.25, 0.3) is 0 Å². The Morgan fingerprint density at radius 3 is 2.52 bits per heavy atom. The molecule has 0 aliphatic carbocycles. The molecule has 0 N–H and O–H groups in total. The van der Waals surface area contributed by atoms with E-state index in [9.17, 15) is 4.79 Å². The normalized spacial score (nSPS) is 10.8. The van der Waals surface area contributed by atoms with Gasteiger partial charge in [0, 0.05) is 29.9 Å². The zero-order valence-electron chi connectivity index (χ0n) is 17.9. The van der Waals surface area contributed by atoms with E-state index in [1.54, 1.807) is 14.2 Å². The van der Waals surface area contributed by atoms with E-state index in [1.165, 1.54) is 9.36 Å². The summed E-state index contributed by atoms with van der Waals surface area (Å²) in [6, 6.07) is 17.3. The molecular formula is C23H23N5O3. The summed E-state index contributed by atoms with van der Waals surface area (Å²) < 4.78 is 13.8. The molecule has 2 aromatic heterocycles. The van der Waals surface area contributed by atoms with E-state index in [2.05, 4.69) is 15.4 Å². The third-order valence-electron chi connectivity index (χ3n) is 5.14. The molecule has 31 heavy (non-hydrogen) atoms. The Morgan fingerprint density at radius 2 is 1.81 bits per heavy atom. The van der Waals surface area contributed by atoms with Crippen molar-refractivity contribution < 1.29 is 9.47 Å². The average molecular weight is 417 g/mol. The standard InChI is InChI=1S/C23H23N5O3/c1-15-7-5-10-21(28-23(29)27(3)25-26-28)20(15)14-31-22-12-11-19(16(2)24-22)17-8-6-9-18(13-17)30-4/h5-13H,14H2,1-4H3. The molecule has 0 aliphatic rings. The van der Waals surface area contributed by atoms with Gasteiger partial charge in [-0.1, -0.05) is 24.3 Å². The molecule has 2 aromatic carbocycles. The first-order valence-electron chi connectivity index (χ1n) is 9.80. The maximum absolute atomic E-state index is 12.3. The van der Waals surface area contributed by atoms with E-state index in [1.807, 2.05) is 68.4 Å². The van der Waals surface area contributed by atoms with Crippen molar-refractivity contribution in [2.24, 2.45) is 7.05 Å². The van der Waals surface area contributed by atoms with E-state index >= 15 is 0 Å². The number of rotatable bonds is 6. The van der Waals surface area contributed by atoms with Crippen LogP contribution in [0.4, 0.5) is 0 Å². The van der Waals surface area contributed by atoms with Gasteiger partial charge < -0.3 is 9.47 Å². The van der Waals surface area contributed by atoms with Gasteiger partial charge in [-0.15, -0.1) is 0 Å². The largest absolute Gasteiger partial charge is 0.497 e. The van der Waals surface area contributed by atoms with Crippen LogP contribution >= 0.6 is 0 Å². The van der Waals surface area contributed by atoms with Crippen LogP contribution in [0.25, 0.3) is 16.8 Å². The van der Waals surface area contributed by atoms with Gasteiger partial charge in [0.1, 0.15) is 12.4 Å². The summed E-state index contributed by atoms with van der Waals surface area (Å²) in [6.45, 7) is 4.16. The molecule has 0 saturated carbocycles. The van der Waals surface area contributed by atoms with Crippen LogP contribution in [0.1, 0.15) is 16.8 Å². The Kier molecular flexibility index (Phi) is 5.53. The summed E-state index contributed by atoms with van der Waals surface area (Å²) in [6.07, 6.45) is 0. The lowest BCUT2D eigenvalue weighted by molar-refractivity contribution is 0.292. The van der Waals surface area contributed by atoms with E-state index in [-0.39, 0.29) is 12.3 Å². The Balaban J connectivity index is 1.60. The van der Waals surface area contributed by atoms with Gasteiger partial charge in [0.05, 0.1) is 12.8 Å². The van der Waals surface area contributed by atoms with Gasteiger partial charge in [-0.2, -0.15) is 9.36 Å². The summed E-state index contributed by atoms with van der Waals surface area (Å²) in [5.41, 5.74) is 5.04. The van der Waals surface area contributed by atoms with Gasteiger partial charge >= 0.3 is 5.69 Å². The molecule has 0 spiro atoms. The predicted molar refractivity (Wildman–Crippen MR) is 117 cm³/mol. The smallest absolute Gasteiger partial charge is 0.368 e. The number of hydrogen-bond donors (Lipinski definition) is 0. The molecule has 0 atom stereocenters. The molecule has 0 aliphatic heterocycles. The van der Waals surface area contributed by atoms with Crippen molar-refractivity contribution in [1.82, 2.24) is 24.8 Å². The van der Waals surface area contributed by atoms with Crippen molar-refractivity contribution in [3.63, 3.8) is 0 Å². The number of benzene rings is 2. The Labute approximate surface area is 179 Å². The first-order valence-corrected chi connectivity index (χ1v) is 9.80. The van der Waals surface area contributed by atoms with Gasteiger partial charge in [0.2, 0.25) is 5.88 Å². The van der Waals surface area contributed by atoms with E-state index < -0.39 is 0 Å².